The van der Waals surface area contributed by atoms with E-state index in [9.17, 15) is 4.79 Å². The molecule has 1 amide bonds. The standard InChI is InChI=1S/C15H22N2O/c1-2-13-7-6-8-14(11-13)16-15(18)12-17-9-4-3-5-10-17/h6-8,11H,2-5,9-10,12H2,1H3,(H,16,18). The molecule has 0 saturated carbocycles. The van der Waals surface area contributed by atoms with Gasteiger partial charge in [0.25, 0.3) is 0 Å². The van der Waals surface area contributed by atoms with E-state index < -0.39 is 0 Å². The number of carbonyl (C=O) groups excluding carboxylic acids is 1. The Bertz CT molecular complexity index is 397. The number of nitrogens with one attached hydrogen (secondary N) is 1. The molecule has 0 aromatic heterocycles. The summed E-state index contributed by atoms with van der Waals surface area (Å²) >= 11 is 0. The summed E-state index contributed by atoms with van der Waals surface area (Å²) < 4.78 is 0. The normalized spacial score (nSPS) is 16.5. The first-order valence-electron chi connectivity index (χ1n) is 6.89. The second kappa shape index (κ2) is 6.55. The predicted octanol–water partition coefficient (Wildman–Crippen LogP) is 2.67. The zero-order chi connectivity index (χ0) is 12.8. The van der Waals surface area contributed by atoms with Crippen LogP contribution in [0.15, 0.2) is 24.3 Å². The first-order valence-corrected chi connectivity index (χ1v) is 6.89. The van der Waals surface area contributed by atoms with Crippen molar-refractivity contribution in [1.82, 2.24) is 4.90 Å². The highest BCUT2D eigenvalue weighted by Gasteiger charge is 2.13. The fraction of sp³-hybridized carbons (Fsp3) is 0.533. The molecule has 1 aliphatic rings. The van der Waals surface area contributed by atoms with Crippen molar-refractivity contribution in [1.29, 1.82) is 0 Å². The van der Waals surface area contributed by atoms with Crippen molar-refractivity contribution < 1.29 is 4.79 Å². The highest BCUT2D eigenvalue weighted by atomic mass is 16.2. The van der Waals surface area contributed by atoms with E-state index in [2.05, 4.69) is 23.2 Å². The van der Waals surface area contributed by atoms with Gasteiger partial charge in [-0.15, -0.1) is 0 Å². The molecule has 0 unspecified atom stereocenters. The molecule has 18 heavy (non-hydrogen) atoms. The van der Waals surface area contributed by atoms with Gasteiger partial charge in [0.1, 0.15) is 0 Å². The summed E-state index contributed by atoms with van der Waals surface area (Å²) in [6, 6.07) is 8.08. The summed E-state index contributed by atoms with van der Waals surface area (Å²) in [7, 11) is 0. The van der Waals surface area contributed by atoms with E-state index in [0.717, 1.165) is 25.2 Å². The Balaban J connectivity index is 1.85. The molecule has 0 atom stereocenters. The molecule has 0 bridgehead atoms. The van der Waals surface area contributed by atoms with Crippen molar-refractivity contribution in [3.05, 3.63) is 29.8 Å². The van der Waals surface area contributed by atoms with Gasteiger partial charge in [0.15, 0.2) is 0 Å². The molecule has 98 valence electrons. The van der Waals surface area contributed by atoms with Crippen LogP contribution in [-0.4, -0.2) is 30.4 Å². The van der Waals surface area contributed by atoms with Crippen LogP contribution in [0.3, 0.4) is 0 Å². The van der Waals surface area contributed by atoms with Crippen molar-refractivity contribution >= 4 is 11.6 Å². The molecule has 3 nitrogen and oxygen atoms in total. The number of carbonyl (C=O) groups is 1. The maximum absolute atomic E-state index is 11.9. The lowest BCUT2D eigenvalue weighted by Crippen LogP contribution is -2.36. The number of hydrogen-bond donors (Lipinski definition) is 1. The fourth-order valence-corrected chi connectivity index (χ4v) is 2.39. The Morgan fingerprint density at radius 2 is 2.06 bits per heavy atom. The van der Waals surface area contributed by atoms with Gasteiger partial charge in [-0.2, -0.15) is 0 Å². The molecule has 0 aliphatic carbocycles. The average Bonchev–Trinajstić information content (AvgIpc) is 2.40. The maximum Gasteiger partial charge on any atom is 0.238 e. The van der Waals surface area contributed by atoms with Crippen LogP contribution in [0.25, 0.3) is 0 Å². The minimum Gasteiger partial charge on any atom is -0.325 e. The highest BCUT2D eigenvalue weighted by Crippen LogP contribution is 2.12. The van der Waals surface area contributed by atoms with E-state index >= 15 is 0 Å². The van der Waals surface area contributed by atoms with E-state index in [1.54, 1.807) is 0 Å². The lowest BCUT2D eigenvalue weighted by atomic mass is 10.1. The Hall–Kier alpha value is -1.35. The van der Waals surface area contributed by atoms with Crippen LogP contribution >= 0.6 is 0 Å². The fourth-order valence-electron chi connectivity index (χ4n) is 2.39. The molecule has 1 aromatic rings. The van der Waals surface area contributed by atoms with Gasteiger partial charge in [0, 0.05) is 5.69 Å². The quantitative estimate of drug-likeness (QED) is 0.886. The Morgan fingerprint density at radius 3 is 2.78 bits per heavy atom. The van der Waals surface area contributed by atoms with E-state index in [0.29, 0.717) is 6.54 Å². The van der Waals surface area contributed by atoms with Gasteiger partial charge >= 0.3 is 0 Å². The molecular formula is C15H22N2O. The molecule has 0 spiro atoms. The molecule has 0 radical (unpaired) electrons. The minimum atomic E-state index is 0.102. The maximum atomic E-state index is 11.9. The van der Waals surface area contributed by atoms with Crippen LogP contribution in [0.4, 0.5) is 5.69 Å². The summed E-state index contributed by atoms with van der Waals surface area (Å²) in [6.07, 6.45) is 4.74. The van der Waals surface area contributed by atoms with Gasteiger partial charge in [0.05, 0.1) is 6.54 Å². The van der Waals surface area contributed by atoms with Crippen LogP contribution in [0, 0.1) is 0 Å². The van der Waals surface area contributed by atoms with Gasteiger partial charge in [-0.1, -0.05) is 25.5 Å². The van der Waals surface area contributed by atoms with E-state index in [1.165, 1.54) is 24.8 Å². The van der Waals surface area contributed by atoms with Crippen LogP contribution in [0.2, 0.25) is 0 Å². The Labute approximate surface area is 109 Å². The van der Waals surface area contributed by atoms with Crippen molar-refractivity contribution in [2.24, 2.45) is 0 Å². The number of benzene rings is 1. The minimum absolute atomic E-state index is 0.102. The zero-order valence-corrected chi connectivity index (χ0v) is 11.1. The number of aryl methyl sites for hydroxylation is 1. The van der Waals surface area contributed by atoms with Crippen LogP contribution in [0.1, 0.15) is 31.7 Å². The van der Waals surface area contributed by atoms with Crippen LogP contribution in [0.5, 0.6) is 0 Å². The summed E-state index contributed by atoms with van der Waals surface area (Å²) in [5, 5.41) is 2.98. The molecule has 3 heteroatoms. The van der Waals surface area contributed by atoms with E-state index in [1.807, 2.05) is 18.2 Å². The molecule has 1 aromatic carbocycles. The summed E-state index contributed by atoms with van der Waals surface area (Å²) in [5.74, 6) is 0.102. The number of nitrogens with zero attached hydrogens (tertiary/aromatic N) is 1. The van der Waals surface area contributed by atoms with Crippen LogP contribution in [-0.2, 0) is 11.2 Å². The van der Waals surface area contributed by atoms with Crippen LogP contribution < -0.4 is 5.32 Å². The first-order chi connectivity index (χ1) is 8.78. The SMILES string of the molecule is CCc1cccc(NC(=O)CN2CCCCC2)c1. The van der Waals surface area contributed by atoms with Gasteiger partial charge in [-0.05, 0) is 50.0 Å². The number of hydrogen-bond acceptors (Lipinski definition) is 2. The third-order valence-electron chi connectivity index (χ3n) is 3.43. The monoisotopic (exact) mass is 246 g/mol. The van der Waals surface area contributed by atoms with Gasteiger partial charge in [0.2, 0.25) is 5.91 Å². The van der Waals surface area contributed by atoms with E-state index in [-0.39, 0.29) is 5.91 Å². The Morgan fingerprint density at radius 1 is 1.28 bits per heavy atom. The summed E-state index contributed by atoms with van der Waals surface area (Å²) in [6.45, 7) is 4.76. The topological polar surface area (TPSA) is 32.3 Å². The second-order valence-electron chi connectivity index (χ2n) is 4.94. The number of likely N-dealkylation sites (tertiary alicyclic amines) is 1. The number of amides is 1. The van der Waals surface area contributed by atoms with Gasteiger partial charge in [-0.3, -0.25) is 9.69 Å². The molecule has 1 N–H and O–H groups in total. The summed E-state index contributed by atoms with van der Waals surface area (Å²) in [4.78, 5) is 14.2. The average molecular weight is 246 g/mol. The van der Waals surface area contributed by atoms with Crippen molar-refractivity contribution in [3.8, 4) is 0 Å². The molecule has 2 rings (SSSR count). The smallest absolute Gasteiger partial charge is 0.238 e. The van der Waals surface area contributed by atoms with Gasteiger partial charge < -0.3 is 5.32 Å². The van der Waals surface area contributed by atoms with E-state index in [4.69, 9.17) is 0 Å². The third-order valence-corrected chi connectivity index (χ3v) is 3.43. The van der Waals surface area contributed by atoms with Gasteiger partial charge in [-0.25, -0.2) is 0 Å². The number of piperidine rings is 1. The number of rotatable bonds is 4. The summed E-state index contributed by atoms with van der Waals surface area (Å²) in [5.41, 5.74) is 2.17. The molecular weight excluding hydrogens is 224 g/mol. The first kappa shape index (κ1) is 13.1. The molecule has 1 aliphatic heterocycles. The largest absolute Gasteiger partial charge is 0.325 e. The van der Waals surface area contributed by atoms with Crippen molar-refractivity contribution in [3.63, 3.8) is 0 Å². The predicted molar refractivity (Wildman–Crippen MR) is 74.7 cm³/mol. The van der Waals surface area contributed by atoms with Crippen molar-refractivity contribution in [2.75, 3.05) is 25.0 Å². The Kier molecular flexibility index (Phi) is 4.76. The zero-order valence-electron chi connectivity index (χ0n) is 11.1. The third kappa shape index (κ3) is 3.84. The molecule has 1 saturated heterocycles. The van der Waals surface area contributed by atoms with Crippen molar-refractivity contribution in [2.45, 2.75) is 32.6 Å². The lowest BCUT2D eigenvalue weighted by molar-refractivity contribution is -0.117. The molecule has 1 heterocycles. The second-order valence-corrected chi connectivity index (χ2v) is 4.94. The highest BCUT2D eigenvalue weighted by molar-refractivity contribution is 5.92. The number of anilines is 1. The molecule has 1 fully saturated rings. The lowest BCUT2D eigenvalue weighted by Gasteiger charge is -2.25.